The summed E-state index contributed by atoms with van der Waals surface area (Å²) in [6.07, 6.45) is -0.0417. The molecule has 0 amide bonds. The smallest absolute Gasteiger partial charge is 0.311 e. The van der Waals surface area contributed by atoms with Crippen molar-refractivity contribution in [3.8, 4) is 0 Å². The Bertz CT molecular complexity index is 831. The molecule has 138 valence electrons. The molecule has 0 saturated carbocycles. The maximum absolute atomic E-state index is 13.9. The lowest BCUT2D eigenvalue weighted by molar-refractivity contribution is -0.142. The number of esters is 1. The first-order chi connectivity index (χ1) is 12.6. The zero-order chi connectivity index (χ0) is 18.5. The minimum absolute atomic E-state index is 0.0417. The molecular weight excluding hydrogens is 339 g/mol. The summed E-state index contributed by atoms with van der Waals surface area (Å²) in [5.41, 5.74) is 0.634. The van der Waals surface area contributed by atoms with Gasteiger partial charge in [-0.2, -0.15) is 0 Å². The van der Waals surface area contributed by atoms with Crippen LogP contribution in [-0.2, 0) is 16.0 Å². The topological polar surface area (TPSA) is 78.5 Å². The molecular formula is C18H21FN4O3. The number of hydrogen-bond donors (Lipinski definition) is 1. The molecule has 2 aromatic rings. The van der Waals surface area contributed by atoms with Gasteiger partial charge in [0.1, 0.15) is 5.82 Å². The molecule has 0 atom stereocenters. The summed E-state index contributed by atoms with van der Waals surface area (Å²) in [7, 11) is 0. The standard InChI is InChI=1S/C18H21FN4O3/c1-2-26-17(25)12-13-11-16(24)21-18(20-13)23-9-7-22(8-10-23)15-6-4-3-5-14(15)19/h3-6,11H,2,7-10,12H2,1H3,(H,20,21,24). The Morgan fingerprint density at radius 1 is 1.23 bits per heavy atom. The summed E-state index contributed by atoms with van der Waals surface area (Å²) < 4.78 is 18.8. The van der Waals surface area contributed by atoms with E-state index in [-0.39, 0.29) is 24.4 Å². The first-order valence-electron chi connectivity index (χ1n) is 8.57. The third kappa shape index (κ3) is 4.19. The number of hydrogen-bond acceptors (Lipinski definition) is 6. The number of aromatic amines is 1. The number of carbonyl (C=O) groups is 1. The van der Waals surface area contributed by atoms with Crippen molar-refractivity contribution >= 4 is 17.6 Å². The largest absolute Gasteiger partial charge is 0.466 e. The van der Waals surface area contributed by atoms with Crippen molar-refractivity contribution in [2.75, 3.05) is 42.6 Å². The number of piperazine rings is 1. The second-order valence-corrected chi connectivity index (χ2v) is 5.97. The molecule has 26 heavy (non-hydrogen) atoms. The van der Waals surface area contributed by atoms with Gasteiger partial charge in [0.15, 0.2) is 0 Å². The van der Waals surface area contributed by atoms with Crippen LogP contribution in [0.2, 0.25) is 0 Å². The van der Waals surface area contributed by atoms with Gasteiger partial charge in [0.2, 0.25) is 5.95 Å². The maximum atomic E-state index is 13.9. The summed E-state index contributed by atoms with van der Waals surface area (Å²) in [5.74, 6) is -0.241. The number of nitrogens with one attached hydrogen (secondary N) is 1. The highest BCUT2D eigenvalue weighted by atomic mass is 19.1. The number of para-hydroxylation sites is 1. The van der Waals surface area contributed by atoms with Crippen LogP contribution in [0.4, 0.5) is 16.0 Å². The molecule has 0 spiro atoms. The zero-order valence-corrected chi connectivity index (χ0v) is 14.6. The number of ether oxygens (including phenoxy) is 1. The molecule has 0 unspecified atom stereocenters. The van der Waals surface area contributed by atoms with Crippen LogP contribution in [0, 0.1) is 5.82 Å². The van der Waals surface area contributed by atoms with Gasteiger partial charge in [-0.25, -0.2) is 9.37 Å². The number of aromatic nitrogens is 2. The molecule has 2 heterocycles. The minimum Gasteiger partial charge on any atom is -0.466 e. The van der Waals surface area contributed by atoms with E-state index in [0.29, 0.717) is 43.5 Å². The van der Waals surface area contributed by atoms with Crippen LogP contribution in [-0.4, -0.2) is 48.7 Å². The number of halogens is 1. The van der Waals surface area contributed by atoms with Gasteiger partial charge in [0.05, 0.1) is 24.4 Å². The molecule has 8 heteroatoms. The van der Waals surface area contributed by atoms with Crippen LogP contribution in [0.5, 0.6) is 0 Å². The average Bonchev–Trinajstić information content (AvgIpc) is 2.62. The van der Waals surface area contributed by atoms with Gasteiger partial charge in [-0.05, 0) is 19.1 Å². The zero-order valence-electron chi connectivity index (χ0n) is 14.6. The van der Waals surface area contributed by atoms with Crippen LogP contribution in [0.3, 0.4) is 0 Å². The van der Waals surface area contributed by atoms with Crippen LogP contribution < -0.4 is 15.4 Å². The number of carbonyl (C=O) groups excluding carboxylic acids is 1. The Morgan fingerprint density at radius 2 is 1.92 bits per heavy atom. The van der Waals surface area contributed by atoms with Gasteiger partial charge < -0.3 is 14.5 Å². The lowest BCUT2D eigenvalue weighted by atomic mass is 10.2. The van der Waals surface area contributed by atoms with Gasteiger partial charge in [-0.3, -0.25) is 14.6 Å². The van der Waals surface area contributed by atoms with E-state index in [1.165, 1.54) is 12.1 Å². The fraction of sp³-hybridized carbons (Fsp3) is 0.389. The van der Waals surface area contributed by atoms with E-state index < -0.39 is 5.97 Å². The summed E-state index contributed by atoms with van der Waals surface area (Å²) in [6, 6.07) is 7.97. The highest BCUT2D eigenvalue weighted by Gasteiger charge is 2.21. The Balaban J connectivity index is 1.69. The van der Waals surface area contributed by atoms with Crippen molar-refractivity contribution in [3.63, 3.8) is 0 Å². The fourth-order valence-electron chi connectivity index (χ4n) is 2.96. The molecule has 0 aliphatic carbocycles. The van der Waals surface area contributed by atoms with E-state index in [2.05, 4.69) is 9.97 Å². The van der Waals surface area contributed by atoms with Crippen LogP contribution in [0.15, 0.2) is 35.1 Å². The number of nitrogens with zero attached hydrogens (tertiary/aromatic N) is 3. The lowest BCUT2D eigenvalue weighted by Gasteiger charge is -2.36. The first kappa shape index (κ1) is 17.9. The van der Waals surface area contributed by atoms with E-state index in [0.717, 1.165) is 0 Å². The molecule has 1 aromatic carbocycles. The normalized spacial score (nSPS) is 14.4. The quantitative estimate of drug-likeness (QED) is 0.811. The molecule has 1 N–H and O–H groups in total. The highest BCUT2D eigenvalue weighted by Crippen LogP contribution is 2.21. The summed E-state index contributed by atoms with van der Waals surface area (Å²) in [4.78, 5) is 34.5. The Hall–Kier alpha value is -2.90. The maximum Gasteiger partial charge on any atom is 0.311 e. The summed E-state index contributed by atoms with van der Waals surface area (Å²) in [6.45, 7) is 4.39. The van der Waals surface area contributed by atoms with Crippen molar-refractivity contribution in [2.24, 2.45) is 0 Å². The lowest BCUT2D eigenvalue weighted by Crippen LogP contribution is -2.47. The van der Waals surface area contributed by atoms with Crippen molar-refractivity contribution in [1.82, 2.24) is 9.97 Å². The fourth-order valence-corrected chi connectivity index (χ4v) is 2.96. The molecule has 1 aliphatic rings. The van der Waals surface area contributed by atoms with Gasteiger partial charge in [0.25, 0.3) is 5.56 Å². The van der Waals surface area contributed by atoms with Gasteiger partial charge >= 0.3 is 5.97 Å². The third-order valence-electron chi connectivity index (χ3n) is 4.19. The van der Waals surface area contributed by atoms with Crippen LogP contribution in [0.1, 0.15) is 12.6 Å². The predicted molar refractivity (Wildman–Crippen MR) is 96.0 cm³/mol. The predicted octanol–water partition coefficient (Wildman–Crippen LogP) is 1.34. The van der Waals surface area contributed by atoms with Gasteiger partial charge in [-0.15, -0.1) is 0 Å². The summed E-state index contributed by atoms with van der Waals surface area (Å²) in [5, 5.41) is 0. The molecule has 3 rings (SSSR count). The molecule has 7 nitrogen and oxygen atoms in total. The van der Waals surface area contributed by atoms with E-state index in [4.69, 9.17) is 4.74 Å². The van der Waals surface area contributed by atoms with E-state index >= 15 is 0 Å². The third-order valence-corrected chi connectivity index (χ3v) is 4.19. The molecule has 0 bridgehead atoms. The van der Waals surface area contributed by atoms with Crippen molar-refractivity contribution in [2.45, 2.75) is 13.3 Å². The number of anilines is 2. The molecule has 1 aromatic heterocycles. The van der Waals surface area contributed by atoms with Crippen LogP contribution >= 0.6 is 0 Å². The first-order valence-corrected chi connectivity index (χ1v) is 8.57. The molecule has 1 aliphatic heterocycles. The highest BCUT2D eigenvalue weighted by molar-refractivity contribution is 5.72. The monoisotopic (exact) mass is 360 g/mol. The van der Waals surface area contributed by atoms with Crippen molar-refractivity contribution in [3.05, 3.63) is 52.2 Å². The van der Waals surface area contributed by atoms with E-state index in [9.17, 15) is 14.0 Å². The Labute approximate surface area is 150 Å². The number of H-pyrrole nitrogens is 1. The number of rotatable bonds is 5. The van der Waals surface area contributed by atoms with Gasteiger partial charge in [-0.1, -0.05) is 12.1 Å². The minimum atomic E-state index is -0.416. The molecule has 1 saturated heterocycles. The second-order valence-electron chi connectivity index (χ2n) is 5.97. The summed E-state index contributed by atoms with van der Waals surface area (Å²) >= 11 is 0. The van der Waals surface area contributed by atoms with E-state index in [1.54, 1.807) is 19.1 Å². The van der Waals surface area contributed by atoms with Crippen molar-refractivity contribution < 1.29 is 13.9 Å². The average molecular weight is 360 g/mol. The SMILES string of the molecule is CCOC(=O)Cc1cc(=O)[nH]c(N2CCN(c3ccccc3F)CC2)n1. The molecule has 0 radical (unpaired) electrons. The van der Waals surface area contributed by atoms with E-state index in [1.807, 2.05) is 15.9 Å². The van der Waals surface area contributed by atoms with Gasteiger partial charge in [0, 0.05) is 32.2 Å². The number of benzene rings is 1. The molecule has 1 fully saturated rings. The second kappa shape index (κ2) is 7.99. The Morgan fingerprint density at radius 3 is 2.62 bits per heavy atom. The van der Waals surface area contributed by atoms with Crippen LogP contribution in [0.25, 0.3) is 0 Å². The Kier molecular flexibility index (Phi) is 5.50. The van der Waals surface area contributed by atoms with Crippen molar-refractivity contribution in [1.29, 1.82) is 0 Å².